The molecule has 7 heteroatoms. The third-order valence-corrected chi connectivity index (χ3v) is 6.49. The Labute approximate surface area is 136 Å². The van der Waals surface area contributed by atoms with Gasteiger partial charge in [-0.25, -0.2) is 8.42 Å². The maximum atomic E-state index is 12.2. The van der Waals surface area contributed by atoms with Gasteiger partial charge < -0.3 is 0 Å². The summed E-state index contributed by atoms with van der Waals surface area (Å²) in [4.78, 5) is 0. The SMILES string of the molecule is CC1CN(Cc2nnc(C3CC3)n2-c2ccccc2)S(=O)(=O)C1. The Kier molecular flexibility index (Phi) is 3.50. The number of rotatable bonds is 4. The van der Waals surface area contributed by atoms with Crippen LogP contribution in [0, 0.1) is 5.92 Å². The zero-order valence-corrected chi connectivity index (χ0v) is 13.9. The van der Waals surface area contributed by atoms with E-state index in [0.29, 0.717) is 24.8 Å². The predicted octanol–water partition coefficient (Wildman–Crippen LogP) is 1.93. The van der Waals surface area contributed by atoms with E-state index in [1.54, 1.807) is 0 Å². The summed E-state index contributed by atoms with van der Waals surface area (Å²) in [5.74, 6) is 2.50. The first-order valence-electron chi connectivity index (χ1n) is 8.02. The Balaban J connectivity index is 1.72. The average molecular weight is 332 g/mol. The van der Waals surface area contributed by atoms with Crippen molar-refractivity contribution in [1.29, 1.82) is 0 Å². The summed E-state index contributed by atoms with van der Waals surface area (Å²) < 4.78 is 28.1. The van der Waals surface area contributed by atoms with Crippen molar-refractivity contribution in [3.05, 3.63) is 42.0 Å². The smallest absolute Gasteiger partial charge is 0.214 e. The third kappa shape index (κ3) is 2.79. The fourth-order valence-corrected chi connectivity index (χ4v) is 5.03. The van der Waals surface area contributed by atoms with Gasteiger partial charge in [0.2, 0.25) is 10.0 Å². The minimum absolute atomic E-state index is 0.163. The highest BCUT2D eigenvalue weighted by Crippen LogP contribution is 2.40. The molecule has 2 aliphatic rings. The van der Waals surface area contributed by atoms with E-state index in [2.05, 4.69) is 10.2 Å². The highest BCUT2D eigenvalue weighted by atomic mass is 32.2. The zero-order valence-electron chi connectivity index (χ0n) is 13.1. The van der Waals surface area contributed by atoms with Gasteiger partial charge in [0, 0.05) is 18.2 Å². The molecule has 0 bridgehead atoms. The minimum atomic E-state index is -3.18. The van der Waals surface area contributed by atoms with Crippen LogP contribution in [0.2, 0.25) is 0 Å². The van der Waals surface area contributed by atoms with E-state index < -0.39 is 10.0 Å². The van der Waals surface area contributed by atoms with Crippen LogP contribution in [0.5, 0.6) is 0 Å². The molecule has 1 aromatic heterocycles. The van der Waals surface area contributed by atoms with Crippen molar-refractivity contribution in [3.8, 4) is 5.69 Å². The van der Waals surface area contributed by atoms with Crippen molar-refractivity contribution in [1.82, 2.24) is 19.1 Å². The normalized spacial score (nSPS) is 24.1. The van der Waals surface area contributed by atoms with Gasteiger partial charge in [0.05, 0.1) is 12.3 Å². The van der Waals surface area contributed by atoms with E-state index in [9.17, 15) is 8.42 Å². The van der Waals surface area contributed by atoms with Gasteiger partial charge >= 0.3 is 0 Å². The number of nitrogens with zero attached hydrogens (tertiary/aromatic N) is 4. The van der Waals surface area contributed by atoms with Crippen molar-refractivity contribution in [2.75, 3.05) is 12.3 Å². The van der Waals surface area contributed by atoms with E-state index in [4.69, 9.17) is 0 Å². The summed E-state index contributed by atoms with van der Waals surface area (Å²) in [5, 5.41) is 8.67. The van der Waals surface area contributed by atoms with Crippen LogP contribution in [0.25, 0.3) is 5.69 Å². The molecule has 1 saturated heterocycles. The molecule has 2 aromatic rings. The Hall–Kier alpha value is -1.73. The minimum Gasteiger partial charge on any atom is -0.282 e. The van der Waals surface area contributed by atoms with Crippen LogP contribution < -0.4 is 0 Å². The van der Waals surface area contributed by atoms with Crippen molar-refractivity contribution in [2.45, 2.75) is 32.2 Å². The molecule has 0 N–H and O–H groups in total. The Bertz CT molecular complexity index is 812. The molecule has 4 rings (SSSR count). The van der Waals surface area contributed by atoms with Gasteiger partial charge in [0.1, 0.15) is 5.82 Å². The van der Waals surface area contributed by atoms with Crippen molar-refractivity contribution in [2.24, 2.45) is 5.92 Å². The first-order valence-corrected chi connectivity index (χ1v) is 9.63. The molecule has 1 atom stereocenters. The molecule has 23 heavy (non-hydrogen) atoms. The number of para-hydroxylation sites is 1. The summed E-state index contributed by atoms with van der Waals surface area (Å²) in [6, 6.07) is 9.95. The Morgan fingerprint density at radius 3 is 2.52 bits per heavy atom. The summed E-state index contributed by atoms with van der Waals surface area (Å²) in [6.07, 6.45) is 2.26. The monoisotopic (exact) mass is 332 g/mol. The van der Waals surface area contributed by atoms with E-state index in [1.807, 2.05) is 41.8 Å². The van der Waals surface area contributed by atoms with E-state index in [1.165, 1.54) is 4.31 Å². The lowest BCUT2D eigenvalue weighted by Crippen LogP contribution is -2.27. The molecule has 0 radical (unpaired) electrons. The quantitative estimate of drug-likeness (QED) is 0.858. The summed E-state index contributed by atoms with van der Waals surface area (Å²) >= 11 is 0. The molecule has 2 fully saturated rings. The van der Waals surface area contributed by atoms with Gasteiger partial charge in [0.25, 0.3) is 0 Å². The summed E-state index contributed by atoms with van der Waals surface area (Å²) in [6.45, 7) is 2.82. The fraction of sp³-hybridized carbons (Fsp3) is 0.500. The molecule has 1 saturated carbocycles. The first-order chi connectivity index (χ1) is 11.0. The lowest BCUT2D eigenvalue weighted by molar-refractivity contribution is 0.397. The summed E-state index contributed by atoms with van der Waals surface area (Å²) in [5.41, 5.74) is 0.999. The lowest BCUT2D eigenvalue weighted by atomic mass is 10.2. The fourth-order valence-electron chi connectivity index (χ4n) is 3.20. The zero-order chi connectivity index (χ0) is 16.0. The molecule has 0 spiro atoms. The molecular formula is C16H20N4O2S. The van der Waals surface area contributed by atoms with Crippen LogP contribution in [0.15, 0.2) is 30.3 Å². The largest absolute Gasteiger partial charge is 0.282 e. The van der Waals surface area contributed by atoms with Gasteiger partial charge in [0.15, 0.2) is 5.82 Å². The molecule has 1 aliphatic carbocycles. The second-order valence-electron chi connectivity index (χ2n) is 6.60. The van der Waals surface area contributed by atoms with Crippen LogP contribution in [-0.2, 0) is 16.6 Å². The van der Waals surface area contributed by atoms with Crippen LogP contribution in [0.1, 0.15) is 37.3 Å². The second-order valence-corrected chi connectivity index (χ2v) is 8.61. The number of benzene rings is 1. The van der Waals surface area contributed by atoms with E-state index in [-0.39, 0.29) is 11.7 Å². The van der Waals surface area contributed by atoms with Crippen molar-refractivity contribution in [3.63, 3.8) is 0 Å². The van der Waals surface area contributed by atoms with E-state index in [0.717, 1.165) is 24.4 Å². The molecule has 1 aliphatic heterocycles. The number of hydrogen-bond acceptors (Lipinski definition) is 4. The van der Waals surface area contributed by atoms with Crippen LogP contribution in [-0.4, -0.2) is 39.8 Å². The molecule has 6 nitrogen and oxygen atoms in total. The van der Waals surface area contributed by atoms with Crippen molar-refractivity contribution < 1.29 is 8.42 Å². The first kappa shape index (κ1) is 14.8. The maximum Gasteiger partial charge on any atom is 0.214 e. The molecule has 0 amide bonds. The van der Waals surface area contributed by atoms with Crippen molar-refractivity contribution >= 4 is 10.0 Å². The molecule has 1 unspecified atom stereocenters. The maximum absolute atomic E-state index is 12.2. The number of hydrogen-bond donors (Lipinski definition) is 0. The van der Waals surface area contributed by atoms with Gasteiger partial charge in [-0.15, -0.1) is 10.2 Å². The molecular weight excluding hydrogens is 312 g/mol. The molecule has 122 valence electrons. The molecule has 1 aromatic carbocycles. The third-order valence-electron chi connectivity index (χ3n) is 4.43. The van der Waals surface area contributed by atoms with Crippen LogP contribution in [0.3, 0.4) is 0 Å². The topological polar surface area (TPSA) is 68.1 Å². The lowest BCUT2D eigenvalue weighted by Gasteiger charge is -2.16. The average Bonchev–Trinajstić information content (AvgIpc) is 3.22. The molecule has 2 heterocycles. The van der Waals surface area contributed by atoms with E-state index >= 15 is 0 Å². The van der Waals surface area contributed by atoms with Crippen LogP contribution >= 0.6 is 0 Å². The van der Waals surface area contributed by atoms with Gasteiger partial charge in [-0.05, 0) is 30.9 Å². The summed E-state index contributed by atoms with van der Waals surface area (Å²) in [7, 11) is -3.18. The Morgan fingerprint density at radius 2 is 1.91 bits per heavy atom. The number of aromatic nitrogens is 3. The second kappa shape index (κ2) is 5.42. The Morgan fingerprint density at radius 1 is 1.17 bits per heavy atom. The standard InChI is InChI=1S/C16H20N4O2S/c1-12-9-19(23(21,22)11-12)10-15-17-18-16(13-7-8-13)20(15)14-5-3-2-4-6-14/h2-6,12-13H,7-11H2,1H3. The highest BCUT2D eigenvalue weighted by molar-refractivity contribution is 7.89. The number of sulfonamides is 1. The van der Waals surface area contributed by atoms with Gasteiger partial charge in [-0.3, -0.25) is 4.57 Å². The van der Waals surface area contributed by atoms with Gasteiger partial charge in [-0.1, -0.05) is 25.1 Å². The predicted molar refractivity (Wildman–Crippen MR) is 86.7 cm³/mol. The van der Waals surface area contributed by atoms with Gasteiger partial charge in [-0.2, -0.15) is 4.31 Å². The van der Waals surface area contributed by atoms with Crippen LogP contribution in [0.4, 0.5) is 0 Å². The highest BCUT2D eigenvalue weighted by Gasteiger charge is 2.36.